The second kappa shape index (κ2) is 9.87. The summed E-state index contributed by atoms with van der Waals surface area (Å²) in [7, 11) is 0. The highest BCUT2D eigenvalue weighted by atomic mass is 16.5. The standard InChI is InChI=1S/C18H33N3O4/c1-5-6-7-9-13(12-19-25)16(23)21-11-8-10-14(21)15(22)20-17(24)18(2,3)4/h13-14,19,25H,5-12H2,1-4H3,(H,20,22,24)/t13-,14+/m1/s1. The number of hydrogen-bond acceptors (Lipinski definition) is 5. The first kappa shape index (κ1) is 21.6. The van der Waals surface area contributed by atoms with E-state index in [0.29, 0.717) is 19.4 Å². The largest absolute Gasteiger partial charge is 0.330 e. The van der Waals surface area contributed by atoms with Crippen LogP contribution in [-0.2, 0) is 14.4 Å². The summed E-state index contributed by atoms with van der Waals surface area (Å²) in [4.78, 5) is 38.9. The van der Waals surface area contributed by atoms with Gasteiger partial charge in [0.05, 0.1) is 5.92 Å². The minimum atomic E-state index is -0.660. The lowest BCUT2D eigenvalue weighted by Crippen LogP contribution is -2.51. The first-order valence-electron chi connectivity index (χ1n) is 9.25. The van der Waals surface area contributed by atoms with Gasteiger partial charge >= 0.3 is 0 Å². The Morgan fingerprint density at radius 1 is 1.24 bits per heavy atom. The van der Waals surface area contributed by atoms with Crippen LogP contribution in [0.3, 0.4) is 0 Å². The van der Waals surface area contributed by atoms with Gasteiger partial charge in [-0.15, -0.1) is 0 Å². The molecular formula is C18H33N3O4. The van der Waals surface area contributed by atoms with Crippen molar-refractivity contribution in [3.8, 4) is 0 Å². The van der Waals surface area contributed by atoms with E-state index in [2.05, 4.69) is 17.7 Å². The van der Waals surface area contributed by atoms with Crippen LogP contribution in [0.15, 0.2) is 0 Å². The average molecular weight is 355 g/mol. The van der Waals surface area contributed by atoms with Crippen molar-refractivity contribution >= 4 is 17.7 Å². The van der Waals surface area contributed by atoms with Crippen LogP contribution in [0.2, 0.25) is 0 Å². The molecule has 3 amide bonds. The van der Waals surface area contributed by atoms with Crippen LogP contribution in [0, 0.1) is 11.3 Å². The lowest BCUT2D eigenvalue weighted by Gasteiger charge is -2.28. The van der Waals surface area contributed by atoms with Crippen LogP contribution in [0.1, 0.15) is 66.2 Å². The number of nitrogens with one attached hydrogen (secondary N) is 2. The highest BCUT2D eigenvalue weighted by Crippen LogP contribution is 2.23. The minimum absolute atomic E-state index is 0.126. The Morgan fingerprint density at radius 3 is 2.48 bits per heavy atom. The van der Waals surface area contributed by atoms with Gasteiger partial charge in [0, 0.05) is 18.5 Å². The molecule has 3 N–H and O–H groups in total. The molecule has 0 radical (unpaired) electrons. The number of hydrogen-bond donors (Lipinski definition) is 3. The summed E-state index contributed by atoms with van der Waals surface area (Å²) < 4.78 is 0. The van der Waals surface area contributed by atoms with E-state index in [1.807, 2.05) is 0 Å². The van der Waals surface area contributed by atoms with Gasteiger partial charge in [0.1, 0.15) is 6.04 Å². The van der Waals surface area contributed by atoms with E-state index >= 15 is 0 Å². The van der Waals surface area contributed by atoms with Crippen molar-refractivity contribution in [1.82, 2.24) is 15.7 Å². The fourth-order valence-corrected chi connectivity index (χ4v) is 2.98. The molecular weight excluding hydrogens is 322 g/mol. The lowest BCUT2D eigenvalue weighted by molar-refractivity contribution is -0.145. The zero-order valence-electron chi connectivity index (χ0n) is 15.9. The fraction of sp³-hybridized carbons (Fsp3) is 0.833. The molecule has 0 saturated carbocycles. The van der Waals surface area contributed by atoms with E-state index in [1.165, 1.54) is 0 Å². The molecule has 144 valence electrons. The molecule has 0 aliphatic carbocycles. The first-order chi connectivity index (χ1) is 11.7. The zero-order valence-corrected chi connectivity index (χ0v) is 15.9. The third-order valence-electron chi connectivity index (χ3n) is 4.60. The minimum Gasteiger partial charge on any atom is -0.330 e. The third-order valence-corrected chi connectivity index (χ3v) is 4.60. The molecule has 2 atom stereocenters. The zero-order chi connectivity index (χ0) is 19.0. The molecule has 1 fully saturated rings. The van der Waals surface area contributed by atoms with Crippen molar-refractivity contribution < 1.29 is 19.6 Å². The van der Waals surface area contributed by atoms with E-state index < -0.39 is 17.4 Å². The molecule has 0 aromatic heterocycles. The number of carbonyl (C=O) groups is 3. The van der Waals surface area contributed by atoms with Crippen LogP contribution in [-0.4, -0.2) is 47.0 Å². The highest BCUT2D eigenvalue weighted by Gasteiger charge is 2.38. The Morgan fingerprint density at radius 2 is 1.92 bits per heavy atom. The molecule has 1 rings (SSSR count). The lowest BCUT2D eigenvalue weighted by atomic mass is 9.95. The normalized spacial score (nSPS) is 18.9. The quantitative estimate of drug-likeness (QED) is 0.456. The third kappa shape index (κ3) is 6.40. The maximum absolute atomic E-state index is 12.8. The number of rotatable bonds is 8. The van der Waals surface area contributed by atoms with Gasteiger partial charge in [-0.2, -0.15) is 0 Å². The molecule has 1 heterocycles. The topological polar surface area (TPSA) is 98.7 Å². The highest BCUT2D eigenvalue weighted by molar-refractivity contribution is 6.01. The molecule has 7 nitrogen and oxygen atoms in total. The van der Waals surface area contributed by atoms with Crippen LogP contribution in [0.4, 0.5) is 0 Å². The van der Waals surface area contributed by atoms with Gasteiger partial charge < -0.3 is 10.1 Å². The van der Waals surface area contributed by atoms with Crippen LogP contribution in [0.25, 0.3) is 0 Å². The van der Waals surface area contributed by atoms with E-state index in [4.69, 9.17) is 5.21 Å². The van der Waals surface area contributed by atoms with Gasteiger partial charge in [0.15, 0.2) is 0 Å². The van der Waals surface area contributed by atoms with Crippen LogP contribution >= 0.6 is 0 Å². The summed E-state index contributed by atoms with van der Waals surface area (Å²) in [6.45, 7) is 8.00. The van der Waals surface area contributed by atoms with E-state index in [0.717, 1.165) is 25.7 Å². The maximum Gasteiger partial charge on any atom is 0.249 e. The number of carbonyl (C=O) groups excluding carboxylic acids is 3. The van der Waals surface area contributed by atoms with Gasteiger partial charge in [-0.25, -0.2) is 5.48 Å². The van der Waals surface area contributed by atoms with E-state index in [1.54, 1.807) is 25.7 Å². The second-order valence-corrected chi connectivity index (χ2v) is 7.81. The molecule has 0 unspecified atom stereocenters. The molecule has 25 heavy (non-hydrogen) atoms. The molecule has 1 saturated heterocycles. The van der Waals surface area contributed by atoms with Crippen molar-refractivity contribution in [2.75, 3.05) is 13.1 Å². The monoisotopic (exact) mass is 355 g/mol. The molecule has 7 heteroatoms. The van der Waals surface area contributed by atoms with E-state index in [9.17, 15) is 14.4 Å². The van der Waals surface area contributed by atoms with Gasteiger partial charge in [-0.3, -0.25) is 19.7 Å². The average Bonchev–Trinajstić information content (AvgIpc) is 3.02. The van der Waals surface area contributed by atoms with Crippen LogP contribution < -0.4 is 10.8 Å². The van der Waals surface area contributed by atoms with Crippen molar-refractivity contribution in [3.63, 3.8) is 0 Å². The van der Waals surface area contributed by atoms with Crippen molar-refractivity contribution in [2.45, 2.75) is 72.3 Å². The Labute approximate surface area is 150 Å². The summed E-state index contributed by atoms with van der Waals surface area (Å²) in [6.07, 6.45) is 4.95. The number of unbranched alkanes of at least 4 members (excludes halogenated alkanes) is 2. The Hall–Kier alpha value is -1.47. The summed E-state index contributed by atoms with van der Waals surface area (Å²) in [5.41, 5.74) is 1.43. The summed E-state index contributed by atoms with van der Waals surface area (Å²) in [5, 5.41) is 11.5. The number of likely N-dealkylation sites (tertiary alicyclic amines) is 1. The molecule has 1 aliphatic rings. The van der Waals surface area contributed by atoms with Crippen molar-refractivity contribution in [3.05, 3.63) is 0 Å². The predicted octanol–water partition coefficient (Wildman–Crippen LogP) is 1.84. The van der Waals surface area contributed by atoms with Crippen molar-refractivity contribution in [1.29, 1.82) is 0 Å². The number of amides is 3. The molecule has 0 spiro atoms. The first-order valence-corrected chi connectivity index (χ1v) is 9.25. The summed E-state index contributed by atoms with van der Waals surface area (Å²) in [5.74, 6) is -1.23. The Bertz CT molecular complexity index is 473. The predicted molar refractivity (Wildman–Crippen MR) is 94.8 cm³/mol. The summed E-state index contributed by atoms with van der Waals surface area (Å²) in [6, 6.07) is -0.605. The molecule has 0 aromatic rings. The van der Waals surface area contributed by atoms with Crippen LogP contribution in [0.5, 0.6) is 0 Å². The number of nitrogens with zero attached hydrogens (tertiary/aromatic N) is 1. The van der Waals surface area contributed by atoms with Gasteiger partial charge in [-0.05, 0) is 19.3 Å². The number of imide groups is 1. The fourth-order valence-electron chi connectivity index (χ4n) is 2.98. The Balaban J connectivity index is 2.74. The number of hydroxylamine groups is 1. The molecule has 0 aromatic carbocycles. The van der Waals surface area contributed by atoms with Gasteiger partial charge in [0.2, 0.25) is 17.7 Å². The van der Waals surface area contributed by atoms with Crippen molar-refractivity contribution in [2.24, 2.45) is 11.3 Å². The Kier molecular flexibility index (Phi) is 8.52. The molecule has 1 aliphatic heterocycles. The smallest absolute Gasteiger partial charge is 0.249 e. The summed E-state index contributed by atoms with van der Waals surface area (Å²) >= 11 is 0. The van der Waals surface area contributed by atoms with Gasteiger partial charge in [-0.1, -0.05) is 47.0 Å². The molecule has 0 bridgehead atoms. The second-order valence-electron chi connectivity index (χ2n) is 7.81. The maximum atomic E-state index is 12.8. The SMILES string of the molecule is CCCCC[C@H](CNO)C(=O)N1CCC[C@H]1C(=O)NC(=O)C(C)(C)C. The van der Waals surface area contributed by atoms with Gasteiger partial charge in [0.25, 0.3) is 0 Å². The van der Waals surface area contributed by atoms with E-state index in [-0.39, 0.29) is 24.3 Å².